The minimum atomic E-state index is 0.551. The lowest BCUT2D eigenvalue weighted by Gasteiger charge is -2.18. The van der Waals surface area contributed by atoms with Crippen LogP contribution in [0, 0.1) is 0 Å². The second-order valence-corrected chi connectivity index (χ2v) is 16.7. The Labute approximate surface area is 390 Å². The number of benzene rings is 9. The van der Waals surface area contributed by atoms with Crippen molar-refractivity contribution in [3.05, 3.63) is 224 Å². The maximum Gasteiger partial charge on any atom is 0.166 e. The third kappa shape index (κ3) is 6.78. The van der Waals surface area contributed by atoms with Gasteiger partial charge in [0.25, 0.3) is 0 Å². The molecular formula is C60H37N7O. The van der Waals surface area contributed by atoms with Gasteiger partial charge in [-0.1, -0.05) is 176 Å². The SMILES string of the molecule is c1ccc(-c2nc(-c3ccccc3)nc(-c3ccc4c(c3)c3ccccc3n4-c3cccc(-c4ccc5oc6ccccc6c5c4)c3-c3nc(-c4ccccc4)nc(-c4ccccc4)n3)n2)cc1. The summed E-state index contributed by atoms with van der Waals surface area (Å²) >= 11 is 0. The van der Waals surface area contributed by atoms with E-state index in [4.69, 9.17) is 34.3 Å². The van der Waals surface area contributed by atoms with Crippen molar-refractivity contribution < 1.29 is 4.42 Å². The van der Waals surface area contributed by atoms with E-state index >= 15 is 0 Å². The molecule has 4 heterocycles. The van der Waals surface area contributed by atoms with Crippen molar-refractivity contribution in [3.8, 4) is 85.1 Å². The third-order valence-corrected chi connectivity index (χ3v) is 12.5. The van der Waals surface area contributed by atoms with E-state index < -0.39 is 0 Å². The molecule has 8 heteroatoms. The van der Waals surface area contributed by atoms with Gasteiger partial charge in [0.2, 0.25) is 0 Å². The van der Waals surface area contributed by atoms with Gasteiger partial charge >= 0.3 is 0 Å². The number of aromatic nitrogens is 7. The van der Waals surface area contributed by atoms with Gasteiger partial charge in [0.1, 0.15) is 11.2 Å². The van der Waals surface area contributed by atoms with Crippen LogP contribution < -0.4 is 0 Å². The number of furan rings is 1. The number of para-hydroxylation sites is 2. The molecule has 9 aromatic carbocycles. The van der Waals surface area contributed by atoms with Gasteiger partial charge in [0, 0.05) is 49.4 Å². The zero-order chi connectivity index (χ0) is 45.0. The standard InChI is InChI=1S/C60H37N7O/c1-5-18-38(19-6-1)55-61-56(39-20-7-2-8-21-39)64-59(63-55)43-32-34-50-47(37-43)45-26-13-15-29-49(45)67(50)51-30-17-28-44(42-33-35-53-48(36-42)46-27-14-16-31-52(46)68-53)54(51)60-65-57(40-22-9-3-10-23-40)62-58(66-60)41-24-11-4-12-25-41/h1-37H. The highest BCUT2D eigenvalue weighted by Gasteiger charge is 2.24. The smallest absolute Gasteiger partial charge is 0.166 e. The molecule has 0 bridgehead atoms. The maximum absolute atomic E-state index is 6.32. The summed E-state index contributed by atoms with van der Waals surface area (Å²) in [6.45, 7) is 0. The molecule has 0 saturated carbocycles. The summed E-state index contributed by atoms with van der Waals surface area (Å²) in [6, 6.07) is 76.5. The highest BCUT2D eigenvalue weighted by Crippen LogP contribution is 2.43. The molecule has 13 aromatic rings. The molecule has 0 unspecified atom stereocenters. The lowest BCUT2D eigenvalue weighted by Crippen LogP contribution is -2.05. The van der Waals surface area contributed by atoms with E-state index in [1.54, 1.807) is 0 Å². The zero-order valence-corrected chi connectivity index (χ0v) is 36.4. The summed E-state index contributed by atoms with van der Waals surface area (Å²) in [5.41, 5.74) is 12.0. The Hall–Kier alpha value is -9.40. The molecule has 68 heavy (non-hydrogen) atoms. The van der Waals surface area contributed by atoms with Crippen LogP contribution in [0.4, 0.5) is 0 Å². The van der Waals surface area contributed by atoms with E-state index in [0.29, 0.717) is 34.9 Å². The van der Waals surface area contributed by atoms with Crippen LogP contribution in [0.3, 0.4) is 0 Å². The predicted octanol–water partition coefficient (Wildman–Crippen LogP) is 14.7. The Balaban J connectivity index is 1.07. The Morgan fingerprint density at radius 1 is 0.279 bits per heavy atom. The highest BCUT2D eigenvalue weighted by molar-refractivity contribution is 6.12. The Morgan fingerprint density at radius 2 is 0.721 bits per heavy atom. The summed E-state index contributed by atoms with van der Waals surface area (Å²) in [4.78, 5) is 31.0. The molecule has 0 aliphatic carbocycles. The number of nitrogens with zero attached hydrogens (tertiary/aromatic N) is 7. The van der Waals surface area contributed by atoms with E-state index in [9.17, 15) is 0 Å². The second-order valence-electron chi connectivity index (χ2n) is 16.7. The average molecular weight is 872 g/mol. The van der Waals surface area contributed by atoms with Crippen molar-refractivity contribution in [2.75, 3.05) is 0 Å². The molecule has 0 N–H and O–H groups in total. The fourth-order valence-corrected chi connectivity index (χ4v) is 9.33. The first-order valence-electron chi connectivity index (χ1n) is 22.5. The van der Waals surface area contributed by atoms with E-state index in [-0.39, 0.29) is 0 Å². The Morgan fingerprint density at radius 3 is 1.31 bits per heavy atom. The van der Waals surface area contributed by atoms with Gasteiger partial charge in [-0.15, -0.1) is 0 Å². The fourth-order valence-electron chi connectivity index (χ4n) is 9.33. The Kier molecular flexibility index (Phi) is 9.31. The molecule has 13 rings (SSSR count). The van der Waals surface area contributed by atoms with E-state index in [1.807, 2.05) is 133 Å². The molecule has 0 aliphatic rings. The third-order valence-electron chi connectivity index (χ3n) is 12.5. The van der Waals surface area contributed by atoms with Crippen LogP contribution in [0.1, 0.15) is 0 Å². The van der Waals surface area contributed by atoms with Crippen molar-refractivity contribution in [1.29, 1.82) is 0 Å². The van der Waals surface area contributed by atoms with Crippen LogP contribution >= 0.6 is 0 Å². The summed E-state index contributed by atoms with van der Waals surface area (Å²) < 4.78 is 8.66. The van der Waals surface area contributed by atoms with E-state index in [1.165, 1.54) is 0 Å². The normalized spacial score (nSPS) is 11.5. The molecule has 0 aliphatic heterocycles. The molecule has 0 atom stereocenters. The van der Waals surface area contributed by atoms with Gasteiger partial charge in [0.05, 0.1) is 22.3 Å². The molecule has 0 fully saturated rings. The van der Waals surface area contributed by atoms with Crippen molar-refractivity contribution in [3.63, 3.8) is 0 Å². The molecule has 0 radical (unpaired) electrons. The largest absolute Gasteiger partial charge is 0.456 e. The Bertz CT molecular complexity index is 3900. The topological polar surface area (TPSA) is 95.4 Å². The lowest BCUT2D eigenvalue weighted by molar-refractivity contribution is 0.669. The molecule has 0 saturated heterocycles. The van der Waals surface area contributed by atoms with Crippen LogP contribution in [0.5, 0.6) is 0 Å². The summed E-state index contributed by atoms with van der Waals surface area (Å²) in [6.07, 6.45) is 0. The lowest BCUT2D eigenvalue weighted by atomic mass is 9.95. The molecule has 0 spiro atoms. The number of rotatable bonds is 8. The average Bonchev–Trinajstić information content (AvgIpc) is 3.96. The molecule has 4 aromatic heterocycles. The van der Waals surface area contributed by atoms with Crippen LogP contribution in [-0.4, -0.2) is 34.5 Å². The van der Waals surface area contributed by atoms with E-state index in [2.05, 4.69) is 95.6 Å². The van der Waals surface area contributed by atoms with Gasteiger partial charge in [-0.05, 0) is 59.7 Å². The highest BCUT2D eigenvalue weighted by atomic mass is 16.3. The monoisotopic (exact) mass is 871 g/mol. The molecular weight excluding hydrogens is 835 g/mol. The minimum absolute atomic E-state index is 0.551. The minimum Gasteiger partial charge on any atom is -0.456 e. The first kappa shape index (κ1) is 39.0. The van der Waals surface area contributed by atoms with E-state index in [0.717, 1.165) is 93.9 Å². The zero-order valence-electron chi connectivity index (χ0n) is 36.4. The first-order chi connectivity index (χ1) is 33.7. The fraction of sp³-hybridized carbons (Fsp3) is 0. The first-order valence-corrected chi connectivity index (χ1v) is 22.5. The van der Waals surface area contributed by atoms with Gasteiger partial charge in [-0.3, -0.25) is 0 Å². The van der Waals surface area contributed by atoms with Crippen molar-refractivity contribution in [2.45, 2.75) is 0 Å². The van der Waals surface area contributed by atoms with Crippen LogP contribution in [0.25, 0.3) is 129 Å². The van der Waals surface area contributed by atoms with Crippen molar-refractivity contribution in [1.82, 2.24) is 34.5 Å². The second kappa shape index (κ2) is 16.2. The number of hydrogen-bond acceptors (Lipinski definition) is 7. The number of fused-ring (bicyclic) bond motifs is 6. The number of hydrogen-bond donors (Lipinski definition) is 0. The summed E-state index contributed by atoms with van der Waals surface area (Å²) in [7, 11) is 0. The van der Waals surface area contributed by atoms with Crippen LogP contribution in [0.2, 0.25) is 0 Å². The van der Waals surface area contributed by atoms with Crippen molar-refractivity contribution in [2.24, 2.45) is 0 Å². The molecule has 0 amide bonds. The van der Waals surface area contributed by atoms with Crippen LogP contribution in [0.15, 0.2) is 229 Å². The van der Waals surface area contributed by atoms with Gasteiger partial charge < -0.3 is 8.98 Å². The predicted molar refractivity (Wildman–Crippen MR) is 273 cm³/mol. The maximum atomic E-state index is 6.32. The molecule has 8 nitrogen and oxygen atoms in total. The van der Waals surface area contributed by atoms with Crippen LogP contribution in [-0.2, 0) is 0 Å². The van der Waals surface area contributed by atoms with Gasteiger partial charge in [-0.25, -0.2) is 29.9 Å². The summed E-state index contributed by atoms with van der Waals surface area (Å²) in [5, 5.41) is 4.23. The van der Waals surface area contributed by atoms with Gasteiger partial charge in [-0.2, -0.15) is 0 Å². The van der Waals surface area contributed by atoms with Crippen molar-refractivity contribution >= 4 is 43.7 Å². The van der Waals surface area contributed by atoms with Gasteiger partial charge in [0.15, 0.2) is 34.9 Å². The summed E-state index contributed by atoms with van der Waals surface area (Å²) in [5.74, 6) is 3.54. The quantitative estimate of drug-likeness (QED) is 0.150. The molecule has 318 valence electrons.